The fourth-order valence-corrected chi connectivity index (χ4v) is 3.90. The minimum Gasteiger partial charge on any atom is -0.487 e. The quantitative estimate of drug-likeness (QED) is 0.407. The van der Waals surface area contributed by atoms with E-state index in [1.165, 1.54) is 4.90 Å². The van der Waals surface area contributed by atoms with Crippen LogP contribution in [0.25, 0.3) is 0 Å². The summed E-state index contributed by atoms with van der Waals surface area (Å²) in [5.74, 6) is 1.22. The molecule has 0 saturated heterocycles. The largest absolute Gasteiger partial charge is 0.487 e. The number of halogens is 1. The summed E-state index contributed by atoms with van der Waals surface area (Å²) in [4.78, 5) is 27.4. The molecule has 3 aromatic rings. The first-order valence-electron chi connectivity index (χ1n) is 11.1. The number of amides is 2. The molecule has 0 fully saturated rings. The minimum atomic E-state index is -0.755. The van der Waals surface area contributed by atoms with Gasteiger partial charge in [0.25, 0.3) is 0 Å². The predicted molar refractivity (Wildman–Crippen MR) is 133 cm³/mol. The molecular formula is C27H25ClN2O5. The normalized spacial score (nSPS) is 15.5. The van der Waals surface area contributed by atoms with Crippen molar-refractivity contribution in [2.75, 3.05) is 20.3 Å². The van der Waals surface area contributed by atoms with E-state index in [0.29, 0.717) is 33.5 Å². The Labute approximate surface area is 208 Å². The lowest BCUT2D eigenvalue weighted by atomic mass is 9.94. The fourth-order valence-electron chi connectivity index (χ4n) is 3.72. The Morgan fingerprint density at radius 3 is 2.43 bits per heavy atom. The van der Waals surface area contributed by atoms with E-state index in [2.05, 4.69) is 5.32 Å². The number of carbonyl (C=O) groups excluding carboxylic acids is 2. The number of urea groups is 1. The van der Waals surface area contributed by atoms with E-state index in [1.54, 1.807) is 44.3 Å². The van der Waals surface area contributed by atoms with Gasteiger partial charge in [-0.3, -0.25) is 4.90 Å². The van der Waals surface area contributed by atoms with Gasteiger partial charge in [0, 0.05) is 12.1 Å². The number of carbonyl (C=O) groups is 2. The van der Waals surface area contributed by atoms with Gasteiger partial charge in [-0.05, 0) is 55.0 Å². The number of nitrogens with one attached hydrogen (secondary N) is 1. The van der Waals surface area contributed by atoms with E-state index in [4.69, 9.17) is 25.8 Å². The number of hydrogen-bond acceptors (Lipinski definition) is 5. The van der Waals surface area contributed by atoms with Crippen LogP contribution in [-0.4, -0.2) is 37.2 Å². The van der Waals surface area contributed by atoms with Crippen LogP contribution in [0.2, 0.25) is 5.02 Å². The Hall–Kier alpha value is -3.97. The molecule has 0 saturated carbocycles. The average Bonchev–Trinajstić information content (AvgIpc) is 2.85. The summed E-state index contributed by atoms with van der Waals surface area (Å²) in [6.07, 6.45) is 0. The third-order valence-corrected chi connectivity index (χ3v) is 5.65. The lowest BCUT2D eigenvalue weighted by Gasteiger charge is -2.34. The van der Waals surface area contributed by atoms with Gasteiger partial charge in [-0.1, -0.05) is 48.0 Å². The highest BCUT2D eigenvalue weighted by molar-refractivity contribution is 6.30. The van der Waals surface area contributed by atoms with Gasteiger partial charge in [-0.15, -0.1) is 0 Å². The first kappa shape index (κ1) is 24.2. The average molecular weight is 493 g/mol. The SMILES string of the molecule is CCOC(=O)C1=C(COc2cccc(Cl)c2)N(C)C(=O)N[C@@H]1c1cccc(Oc2ccccc2)c1. The number of para-hydroxylation sites is 1. The van der Waals surface area contributed by atoms with Crippen molar-refractivity contribution < 1.29 is 23.8 Å². The number of likely N-dealkylation sites (N-methyl/N-ethyl adjacent to an activating group) is 1. The Balaban J connectivity index is 1.71. The molecule has 0 spiro atoms. The van der Waals surface area contributed by atoms with E-state index in [1.807, 2.05) is 48.5 Å². The van der Waals surface area contributed by atoms with Crippen molar-refractivity contribution in [1.82, 2.24) is 10.2 Å². The van der Waals surface area contributed by atoms with Crippen LogP contribution >= 0.6 is 11.6 Å². The van der Waals surface area contributed by atoms with Crippen molar-refractivity contribution in [2.45, 2.75) is 13.0 Å². The molecular weight excluding hydrogens is 468 g/mol. The molecule has 0 bridgehead atoms. The standard InChI is InChI=1S/C27H25ClN2O5/c1-3-33-26(31)24-23(17-34-21-13-8-10-19(28)16-21)30(2)27(32)29-25(24)18-9-7-14-22(15-18)35-20-11-5-4-6-12-20/h4-16,25H,3,17H2,1-2H3,(H,29,32)/t25-/m1/s1. The maximum atomic E-state index is 13.1. The third kappa shape index (κ3) is 5.75. The van der Waals surface area contributed by atoms with Crippen molar-refractivity contribution in [3.8, 4) is 17.2 Å². The van der Waals surface area contributed by atoms with Gasteiger partial charge in [-0.25, -0.2) is 9.59 Å². The van der Waals surface area contributed by atoms with Gasteiger partial charge in [0.05, 0.1) is 23.9 Å². The second-order valence-corrected chi connectivity index (χ2v) is 8.19. The number of esters is 1. The first-order valence-corrected chi connectivity index (χ1v) is 11.5. The second kappa shape index (κ2) is 11.0. The summed E-state index contributed by atoms with van der Waals surface area (Å²) in [5.41, 5.74) is 1.35. The van der Waals surface area contributed by atoms with Gasteiger partial charge >= 0.3 is 12.0 Å². The molecule has 2 amide bonds. The van der Waals surface area contributed by atoms with Crippen LogP contribution < -0.4 is 14.8 Å². The van der Waals surface area contributed by atoms with E-state index >= 15 is 0 Å². The molecule has 1 aliphatic heterocycles. The molecule has 35 heavy (non-hydrogen) atoms. The summed E-state index contributed by atoms with van der Waals surface area (Å²) < 4.78 is 17.2. The first-order chi connectivity index (χ1) is 17.0. The molecule has 0 aromatic heterocycles. The predicted octanol–water partition coefficient (Wildman–Crippen LogP) is 5.72. The zero-order chi connectivity index (χ0) is 24.8. The molecule has 1 heterocycles. The lowest BCUT2D eigenvalue weighted by Crippen LogP contribution is -2.48. The Bertz CT molecular complexity index is 1250. The monoisotopic (exact) mass is 492 g/mol. The van der Waals surface area contributed by atoms with E-state index in [0.717, 1.165) is 0 Å². The van der Waals surface area contributed by atoms with E-state index in [-0.39, 0.29) is 24.8 Å². The summed E-state index contributed by atoms with van der Waals surface area (Å²) >= 11 is 6.06. The highest BCUT2D eigenvalue weighted by Gasteiger charge is 2.37. The minimum absolute atomic E-state index is 0.0326. The molecule has 0 unspecified atom stereocenters. The summed E-state index contributed by atoms with van der Waals surface area (Å²) in [5, 5.41) is 3.41. The molecule has 1 atom stereocenters. The van der Waals surface area contributed by atoms with E-state index in [9.17, 15) is 9.59 Å². The smallest absolute Gasteiger partial charge is 0.338 e. The molecule has 8 heteroatoms. The highest BCUT2D eigenvalue weighted by atomic mass is 35.5. The van der Waals surface area contributed by atoms with Gasteiger partial charge in [0.1, 0.15) is 23.9 Å². The van der Waals surface area contributed by atoms with Crippen LogP contribution in [0.1, 0.15) is 18.5 Å². The zero-order valence-electron chi connectivity index (χ0n) is 19.4. The molecule has 4 rings (SSSR count). The zero-order valence-corrected chi connectivity index (χ0v) is 20.1. The van der Waals surface area contributed by atoms with Crippen molar-refractivity contribution in [2.24, 2.45) is 0 Å². The van der Waals surface area contributed by atoms with E-state index < -0.39 is 12.0 Å². The highest BCUT2D eigenvalue weighted by Crippen LogP contribution is 2.34. The third-order valence-electron chi connectivity index (χ3n) is 5.41. The van der Waals surface area contributed by atoms with Gasteiger partial charge < -0.3 is 19.5 Å². The van der Waals surface area contributed by atoms with Crippen LogP contribution in [0.5, 0.6) is 17.2 Å². The molecule has 7 nitrogen and oxygen atoms in total. The van der Waals surface area contributed by atoms with Crippen molar-refractivity contribution in [1.29, 1.82) is 0 Å². The van der Waals surface area contributed by atoms with Gasteiger partial charge in [-0.2, -0.15) is 0 Å². The number of rotatable bonds is 8. The fraction of sp³-hybridized carbons (Fsp3) is 0.185. The molecule has 1 aliphatic rings. The molecule has 180 valence electrons. The van der Waals surface area contributed by atoms with Crippen molar-refractivity contribution in [3.05, 3.63) is 101 Å². The molecule has 3 aromatic carbocycles. The van der Waals surface area contributed by atoms with Crippen molar-refractivity contribution >= 4 is 23.6 Å². The van der Waals surface area contributed by atoms with Crippen LogP contribution in [0, 0.1) is 0 Å². The summed E-state index contributed by atoms with van der Waals surface area (Å²) in [7, 11) is 1.58. The van der Waals surface area contributed by atoms with Crippen LogP contribution in [0.15, 0.2) is 90.1 Å². The molecule has 1 N–H and O–H groups in total. The van der Waals surface area contributed by atoms with Gasteiger partial charge in [0.2, 0.25) is 0 Å². The Morgan fingerprint density at radius 2 is 1.69 bits per heavy atom. The number of hydrogen-bond donors (Lipinski definition) is 1. The number of benzene rings is 3. The van der Waals surface area contributed by atoms with Crippen molar-refractivity contribution in [3.63, 3.8) is 0 Å². The number of nitrogens with zero attached hydrogens (tertiary/aromatic N) is 1. The Morgan fingerprint density at radius 1 is 0.971 bits per heavy atom. The van der Waals surface area contributed by atoms with Crippen LogP contribution in [-0.2, 0) is 9.53 Å². The summed E-state index contributed by atoms with van der Waals surface area (Å²) in [6, 6.07) is 22.4. The van der Waals surface area contributed by atoms with Gasteiger partial charge in [0.15, 0.2) is 0 Å². The lowest BCUT2D eigenvalue weighted by molar-refractivity contribution is -0.139. The number of ether oxygens (including phenoxy) is 3. The Kier molecular flexibility index (Phi) is 7.57. The second-order valence-electron chi connectivity index (χ2n) is 7.76. The van der Waals surface area contributed by atoms with Crippen LogP contribution in [0.3, 0.4) is 0 Å². The summed E-state index contributed by atoms with van der Waals surface area (Å²) in [6.45, 7) is 1.89. The maximum absolute atomic E-state index is 13.1. The molecule has 0 radical (unpaired) electrons. The molecule has 0 aliphatic carbocycles. The van der Waals surface area contributed by atoms with Crippen LogP contribution in [0.4, 0.5) is 4.79 Å². The topological polar surface area (TPSA) is 77.1 Å². The maximum Gasteiger partial charge on any atom is 0.338 e.